The maximum atomic E-state index is 15.4. The molecule has 2 aromatic carbocycles. The van der Waals surface area contributed by atoms with E-state index in [2.05, 4.69) is 96.1 Å². The first-order valence-corrected chi connectivity index (χ1v) is 25.1. The van der Waals surface area contributed by atoms with E-state index in [1.54, 1.807) is 0 Å². The Balaban J connectivity index is 0.00000293. The molecule has 5 aliphatic rings. The summed E-state index contributed by atoms with van der Waals surface area (Å²) in [5.74, 6) is 1.01. The molecule has 3 atom stereocenters. The highest BCUT2D eigenvalue weighted by Crippen LogP contribution is 2.37. The smallest absolute Gasteiger partial charge is 0.254 e. The van der Waals surface area contributed by atoms with Crippen LogP contribution < -0.4 is 21.4 Å². The molecule has 8 heterocycles. The number of ketones is 1. The number of hydrogen-bond donors (Lipinski definition) is 4. The van der Waals surface area contributed by atoms with Crippen LogP contribution in [0.4, 0.5) is 15.9 Å². The summed E-state index contributed by atoms with van der Waals surface area (Å²) >= 11 is 0. The van der Waals surface area contributed by atoms with E-state index in [4.69, 9.17) is 4.98 Å². The molecule has 3 unspecified atom stereocenters. The van der Waals surface area contributed by atoms with Crippen molar-refractivity contribution in [1.82, 2.24) is 45.0 Å². The fourth-order valence-electron chi connectivity index (χ4n) is 11.1. The fourth-order valence-corrected chi connectivity index (χ4v) is 11.1. The number of rotatable bonds is 11. The Morgan fingerprint density at radius 3 is 2.38 bits per heavy atom. The second kappa shape index (κ2) is 21.2. The number of Topliss-reactive ketones (excluding diaryl/α,β-unsaturated/α-hetero) is 1. The highest BCUT2D eigenvalue weighted by atomic mass is 19.1. The summed E-state index contributed by atoms with van der Waals surface area (Å²) in [6, 6.07) is 21.9. The van der Waals surface area contributed by atoms with Crippen molar-refractivity contribution in [1.29, 1.82) is 0 Å². The highest BCUT2D eigenvalue weighted by Gasteiger charge is 2.34. The lowest BCUT2D eigenvalue weighted by Crippen LogP contribution is -2.51. The van der Waals surface area contributed by atoms with Crippen LogP contribution in [0.25, 0.3) is 22.2 Å². The molecular weight excluding hydrogens is 870 g/mol. The molecule has 10 rings (SSSR count). The zero-order valence-corrected chi connectivity index (χ0v) is 40.8. The van der Waals surface area contributed by atoms with Crippen molar-refractivity contribution < 1.29 is 18.8 Å². The molecule has 5 aliphatic heterocycles. The third-order valence-corrected chi connectivity index (χ3v) is 15.0. The Morgan fingerprint density at radius 2 is 1.65 bits per heavy atom. The Labute approximate surface area is 405 Å². The molecule has 14 nitrogen and oxygen atoms in total. The van der Waals surface area contributed by atoms with Crippen LogP contribution in [0.15, 0.2) is 90.9 Å². The van der Waals surface area contributed by atoms with E-state index in [1.807, 2.05) is 68.5 Å². The van der Waals surface area contributed by atoms with Gasteiger partial charge in [-0.25, -0.2) is 19.8 Å². The molecule has 4 N–H and O–H groups in total. The first kappa shape index (κ1) is 47.9. The number of piperidine rings is 2. The Hall–Kier alpha value is -6.16. The van der Waals surface area contributed by atoms with E-state index in [0.717, 1.165) is 104 Å². The van der Waals surface area contributed by atoms with Crippen molar-refractivity contribution in [2.45, 2.75) is 89.3 Å². The molecule has 5 aromatic rings. The van der Waals surface area contributed by atoms with Gasteiger partial charge in [0.2, 0.25) is 5.91 Å². The minimum atomic E-state index is -0.555. The minimum Gasteiger partial charge on any atom is -0.374 e. The van der Waals surface area contributed by atoms with Gasteiger partial charge in [-0.05, 0) is 148 Å². The van der Waals surface area contributed by atoms with E-state index in [9.17, 15) is 14.4 Å². The number of nitrogens with one attached hydrogen (secondary N) is 4. The van der Waals surface area contributed by atoms with Crippen LogP contribution >= 0.6 is 0 Å². The van der Waals surface area contributed by atoms with Gasteiger partial charge in [0.05, 0.1) is 25.7 Å². The maximum Gasteiger partial charge on any atom is 0.254 e. The number of piperazine rings is 1. The van der Waals surface area contributed by atoms with Crippen molar-refractivity contribution in [3.8, 4) is 11.1 Å². The van der Waals surface area contributed by atoms with Gasteiger partial charge in [-0.1, -0.05) is 32.0 Å². The third-order valence-electron chi connectivity index (χ3n) is 15.0. The quantitative estimate of drug-likeness (QED) is 0.105. The standard InChI is InChI=1S/C52H62FN11O3.C2H6/c1-33(48-28-45-43(14-19-55-50(45)60(48)3)38-8-13-49(54-2)56-29-38)62-22-17-35(18-23-62)34-4-6-37(7-5-34)52(67)63-24-25-64-41(32-63)26-40(59-64)31-61-20-15-36(16-21-61)44-11-9-39(27-46(44)53)58-47-12-10-42(65)30-57-51(47)66;1-2/h4-9,11,13-14,19,26-29,33,35-36,40,47,58-59H,10,12,15-18,20-25,30-32H2,1-3H3,(H,54,56)(H,57,66);1-2H3. The molecule has 0 bridgehead atoms. The lowest BCUT2D eigenvalue weighted by Gasteiger charge is -2.37. The number of anilines is 2. The summed E-state index contributed by atoms with van der Waals surface area (Å²) in [4.78, 5) is 54.3. The zero-order chi connectivity index (χ0) is 48.2. The van der Waals surface area contributed by atoms with Crippen LogP contribution in [0, 0.1) is 5.82 Å². The monoisotopic (exact) mass is 938 g/mol. The summed E-state index contributed by atoms with van der Waals surface area (Å²) in [5.41, 5.74) is 12.5. The van der Waals surface area contributed by atoms with Crippen molar-refractivity contribution in [2.24, 2.45) is 7.05 Å². The van der Waals surface area contributed by atoms with Gasteiger partial charge in [0, 0.05) is 85.6 Å². The number of aryl methyl sites for hydroxylation is 1. The van der Waals surface area contributed by atoms with Crippen LogP contribution in [0.1, 0.15) is 104 Å². The number of fused-ring (bicyclic) bond motifs is 2. The normalized spacial score (nSPS) is 21.2. The molecule has 4 fully saturated rings. The summed E-state index contributed by atoms with van der Waals surface area (Å²) in [7, 11) is 4.00. The predicted molar refractivity (Wildman–Crippen MR) is 270 cm³/mol. The third kappa shape index (κ3) is 10.4. The number of pyridine rings is 2. The molecule has 3 aromatic heterocycles. The molecule has 364 valence electrons. The van der Waals surface area contributed by atoms with Gasteiger partial charge >= 0.3 is 0 Å². The molecule has 69 heavy (non-hydrogen) atoms. The van der Waals surface area contributed by atoms with Crippen LogP contribution in [-0.4, -0.2) is 130 Å². The maximum absolute atomic E-state index is 15.4. The fraction of sp³-hybridized carbons (Fsp3) is 0.463. The van der Waals surface area contributed by atoms with Crippen molar-refractivity contribution in [3.63, 3.8) is 0 Å². The van der Waals surface area contributed by atoms with E-state index in [0.29, 0.717) is 43.1 Å². The molecular formula is C54H68FN11O3. The number of amides is 2. The number of benzene rings is 2. The van der Waals surface area contributed by atoms with E-state index in [1.165, 1.54) is 17.3 Å². The molecule has 0 spiro atoms. The van der Waals surface area contributed by atoms with Gasteiger partial charge in [-0.3, -0.25) is 19.3 Å². The van der Waals surface area contributed by atoms with E-state index in [-0.39, 0.29) is 48.0 Å². The summed E-state index contributed by atoms with van der Waals surface area (Å²) < 4.78 is 17.7. The van der Waals surface area contributed by atoms with Crippen molar-refractivity contribution in [3.05, 3.63) is 119 Å². The topological polar surface area (TPSA) is 143 Å². The molecule has 4 saturated heterocycles. The van der Waals surface area contributed by atoms with Gasteiger partial charge in [0.25, 0.3) is 5.91 Å². The van der Waals surface area contributed by atoms with Gasteiger partial charge in [-0.15, -0.1) is 0 Å². The average Bonchev–Trinajstić information content (AvgIpc) is 3.91. The SMILES string of the molecule is CC.CNc1ccc(-c2ccnc3c2cc(C(C)N2CCC(c4ccc(C(=O)N5CCN6NC(CN7CCC(c8ccc(NC9CCC(=O)CNC9=O)cc8F)CC7)C=C6C5)cc4)CC2)n3C)cn1. The van der Waals surface area contributed by atoms with Crippen LogP contribution in [0.5, 0.6) is 0 Å². The molecule has 0 saturated carbocycles. The van der Waals surface area contributed by atoms with E-state index < -0.39 is 6.04 Å². The van der Waals surface area contributed by atoms with E-state index >= 15 is 4.39 Å². The first-order valence-electron chi connectivity index (χ1n) is 25.1. The molecule has 15 heteroatoms. The second-order valence-corrected chi connectivity index (χ2v) is 19.1. The minimum absolute atomic E-state index is 0.00428. The number of hydrogen-bond acceptors (Lipinski definition) is 11. The number of aromatic nitrogens is 3. The van der Waals surface area contributed by atoms with Crippen LogP contribution in [0.3, 0.4) is 0 Å². The van der Waals surface area contributed by atoms with Crippen molar-refractivity contribution in [2.75, 3.05) is 76.6 Å². The number of hydrazine groups is 1. The van der Waals surface area contributed by atoms with Crippen LogP contribution in [-0.2, 0) is 16.6 Å². The van der Waals surface area contributed by atoms with Gasteiger partial charge in [0.15, 0.2) is 5.78 Å². The first-order chi connectivity index (χ1) is 33.6. The largest absolute Gasteiger partial charge is 0.374 e. The highest BCUT2D eigenvalue weighted by molar-refractivity contribution is 5.95. The van der Waals surface area contributed by atoms with Gasteiger partial charge in [-0.2, -0.15) is 0 Å². The van der Waals surface area contributed by atoms with Gasteiger partial charge in [0.1, 0.15) is 23.3 Å². The number of likely N-dealkylation sites (tertiary alicyclic amines) is 2. The lowest BCUT2D eigenvalue weighted by molar-refractivity contribution is -0.123. The Bertz CT molecular complexity index is 2650. The summed E-state index contributed by atoms with van der Waals surface area (Å²) in [6.07, 6.45) is 10.6. The number of halogens is 1. The summed E-state index contributed by atoms with van der Waals surface area (Å²) in [6.45, 7) is 12.9. The number of nitrogens with zero attached hydrogens (tertiary/aromatic N) is 7. The number of carbonyl (C=O) groups is 3. The zero-order valence-electron chi connectivity index (χ0n) is 40.8. The molecule has 2 amide bonds. The number of carbonyl (C=O) groups excluding carboxylic acids is 3. The average molecular weight is 938 g/mol. The Morgan fingerprint density at radius 1 is 0.884 bits per heavy atom. The summed E-state index contributed by atoms with van der Waals surface area (Å²) in [5, 5.41) is 12.2. The van der Waals surface area contributed by atoms with Gasteiger partial charge < -0.3 is 35.3 Å². The molecule has 0 aliphatic carbocycles. The Kier molecular flexibility index (Phi) is 14.7. The predicted octanol–water partition coefficient (Wildman–Crippen LogP) is 7.45. The van der Waals surface area contributed by atoms with Crippen molar-refractivity contribution >= 4 is 40.1 Å². The molecule has 0 radical (unpaired) electrons. The second-order valence-electron chi connectivity index (χ2n) is 19.1. The lowest BCUT2D eigenvalue weighted by atomic mass is 9.88. The van der Waals surface area contributed by atoms with Crippen LogP contribution in [0.2, 0.25) is 0 Å².